The van der Waals surface area contributed by atoms with Crippen molar-refractivity contribution < 1.29 is 18.0 Å². The molecule has 3 N–H and O–H groups in total. The van der Waals surface area contributed by atoms with Gasteiger partial charge in [0.1, 0.15) is 12.2 Å². The minimum atomic E-state index is -4.46. The molecule has 6 nitrogen and oxygen atoms in total. The number of nitrogens with one attached hydrogen (secondary N) is 1. The van der Waals surface area contributed by atoms with Gasteiger partial charge in [0.05, 0.1) is 11.9 Å². The van der Waals surface area contributed by atoms with E-state index in [9.17, 15) is 18.0 Å². The zero-order chi connectivity index (χ0) is 14.6. The second-order valence-electron chi connectivity index (χ2n) is 4.28. The van der Waals surface area contributed by atoms with Gasteiger partial charge in [0.25, 0.3) is 5.91 Å². The number of hydrogen-bond donors (Lipinski definition) is 2. The summed E-state index contributed by atoms with van der Waals surface area (Å²) in [5.74, 6) is -0.666. The van der Waals surface area contributed by atoms with Crippen molar-refractivity contribution in [2.45, 2.75) is 12.7 Å². The lowest BCUT2D eigenvalue weighted by atomic mass is 10.3. The lowest BCUT2D eigenvalue weighted by molar-refractivity contribution is -0.142. The van der Waals surface area contributed by atoms with Crippen LogP contribution >= 0.6 is 0 Å². The molecular formula is C10H16F3N5O. The van der Waals surface area contributed by atoms with Crippen LogP contribution in [0.2, 0.25) is 0 Å². The smallest absolute Gasteiger partial charge is 0.396 e. The molecule has 1 amide bonds. The van der Waals surface area contributed by atoms with Crippen molar-refractivity contribution in [1.82, 2.24) is 20.0 Å². The van der Waals surface area contributed by atoms with Crippen molar-refractivity contribution in [3.8, 4) is 0 Å². The Morgan fingerprint density at radius 2 is 2.16 bits per heavy atom. The van der Waals surface area contributed by atoms with E-state index in [-0.39, 0.29) is 11.4 Å². The number of nitrogens with zero attached hydrogens (tertiary/aromatic N) is 3. The molecule has 1 rings (SSSR count). The fourth-order valence-corrected chi connectivity index (χ4v) is 1.41. The Hall–Kier alpha value is -1.77. The summed E-state index contributed by atoms with van der Waals surface area (Å²) in [7, 11) is 3.63. The Kier molecular flexibility index (Phi) is 4.76. The average molecular weight is 279 g/mol. The third-order valence-electron chi connectivity index (χ3n) is 2.26. The van der Waals surface area contributed by atoms with E-state index in [1.54, 1.807) is 0 Å². The molecule has 0 spiro atoms. The molecule has 0 unspecified atom stereocenters. The summed E-state index contributed by atoms with van der Waals surface area (Å²) >= 11 is 0. The highest BCUT2D eigenvalue weighted by atomic mass is 19.4. The first-order valence-electron chi connectivity index (χ1n) is 5.51. The molecule has 19 heavy (non-hydrogen) atoms. The van der Waals surface area contributed by atoms with E-state index in [0.29, 0.717) is 17.8 Å². The molecule has 1 heterocycles. The van der Waals surface area contributed by atoms with Gasteiger partial charge >= 0.3 is 6.18 Å². The topological polar surface area (TPSA) is 76.2 Å². The van der Waals surface area contributed by atoms with Gasteiger partial charge in [-0.25, -0.2) is 4.68 Å². The van der Waals surface area contributed by atoms with Crippen LogP contribution in [0.15, 0.2) is 6.20 Å². The maximum Gasteiger partial charge on any atom is 0.408 e. The predicted octanol–water partition coefficient (Wildman–Crippen LogP) is 0.319. The predicted molar refractivity (Wildman–Crippen MR) is 63.6 cm³/mol. The summed E-state index contributed by atoms with van der Waals surface area (Å²) < 4.78 is 37.5. The molecule has 9 heteroatoms. The van der Waals surface area contributed by atoms with Crippen molar-refractivity contribution >= 4 is 11.6 Å². The zero-order valence-electron chi connectivity index (χ0n) is 10.7. The average Bonchev–Trinajstić information content (AvgIpc) is 2.56. The lowest BCUT2D eigenvalue weighted by Gasteiger charge is -2.12. The molecule has 0 saturated carbocycles. The maximum absolute atomic E-state index is 12.3. The molecule has 1 aromatic heterocycles. The summed E-state index contributed by atoms with van der Waals surface area (Å²) in [5.41, 5.74) is 5.13. The Morgan fingerprint density at radius 1 is 1.53 bits per heavy atom. The number of amides is 1. The number of nitrogen functional groups attached to an aromatic ring is 1. The van der Waals surface area contributed by atoms with E-state index in [0.717, 1.165) is 6.20 Å². The molecular weight excluding hydrogens is 263 g/mol. The first-order valence-corrected chi connectivity index (χ1v) is 5.51. The van der Waals surface area contributed by atoms with Crippen LogP contribution in [0.5, 0.6) is 0 Å². The first kappa shape index (κ1) is 15.3. The van der Waals surface area contributed by atoms with E-state index in [1.165, 1.54) is 0 Å². The molecule has 0 saturated heterocycles. The molecule has 0 aromatic carbocycles. The summed E-state index contributed by atoms with van der Waals surface area (Å²) in [4.78, 5) is 13.6. The molecule has 0 aliphatic carbocycles. The third kappa shape index (κ3) is 4.78. The van der Waals surface area contributed by atoms with E-state index in [2.05, 4.69) is 10.4 Å². The van der Waals surface area contributed by atoms with Gasteiger partial charge < -0.3 is 16.0 Å². The molecule has 0 bridgehead atoms. The summed E-state index contributed by atoms with van der Waals surface area (Å²) in [6.45, 7) is -0.470. The van der Waals surface area contributed by atoms with Gasteiger partial charge in [0.2, 0.25) is 0 Å². The van der Waals surface area contributed by atoms with Crippen LogP contribution in [0.1, 0.15) is 10.5 Å². The normalized spacial score (nSPS) is 11.9. The van der Waals surface area contributed by atoms with Gasteiger partial charge in [-0.05, 0) is 14.1 Å². The highest BCUT2D eigenvalue weighted by Gasteiger charge is 2.31. The monoisotopic (exact) mass is 279 g/mol. The second kappa shape index (κ2) is 5.91. The van der Waals surface area contributed by atoms with Gasteiger partial charge in [-0.2, -0.15) is 18.3 Å². The highest BCUT2D eigenvalue weighted by molar-refractivity contribution is 5.97. The first-order chi connectivity index (χ1) is 8.70. The maximum atomic E-state index is 12.3. The van der Waals surface area contributed by atoms with Crippen molar-refractivity contribution in [3.05, 3.63) is 11.9 Å². The number of carbonyl (C=O) groups excluding carboxylic acids is 1. The number of rotatable bonds is 5. The number of alkyl halides is 3. The Labute approximate surface area is 108 Å². The number of aromatic nitrogens is 2. The van der Waals surface area contributed by atoms with Gasteiger partial charge in [-0.3, -0.25) is 4.79 Å². The second-order valence-corrected chi connectivity index (χ2v) is 4.28. The number of anilines is 1. The van der Waals surface area contributed by atoms with Crippen molar-refractivity contribution in [2.24, 2.45) is 0 Å². The lowest BCUT2D eigenvalue weighted by Crippen LogP contribution is -2.34. The highest BCUT2D eigenvalue weighted by Crippen LogP contribution is 2.20. The minimum absolute atomic E-state index is 0.0772. The van der Waals surface area contributed by atoms with Crippen LogP contribution in [0.3, 0.4) is 0 Å². The molecule has 0 aliphatic rings. The molecule has 108 valence electrons. The van der Waals surface area contributed by atoms with Gasteiger partial charge in [0, 0.05) is 13.1 Å². The number of carbonyl (C=O) groups is 1. The molecule has 0 atom stereocenters. The van der Waals surface area contributed by atoms with Crippen molar-refractivity contribution in [3.63, 3.8) is 0 Å². The summed E-state index contributed by atoms with van der Waals surface area (Å²) in [5, 5.41) is 5.96. The summed E-state index contributed by atoms with van der Waals surface area (Å²) in [6, 6.07) is 0. The number of nitrogens with two attached hydrogens (primary N) is 1. The van der Waals surface area contributed by atoms with Crippen LogP contribution in [-0.4, -0.2) is 53.9 Å². The summed E-state index contributed by atoms with van der Waals surface area (Å²) in [6.07, 6.45) is -3.43. The quantitative estimate of drug-likeness (QED) is 0.814. The van der Waals surface area contributed by atoms with Crippen LogP contribution in [0.25, 0.3) is 0 Å². The molecule has 0 aliphatic heterocycles. The Bertz CT molecular complexity index is 441. The Morgan fingerprint density at radius 3 is 2.68 bits per heavy atom. The molecule has 0 radical (unpaired) electrons. The van der Waals surface area contributed by atoms with E-state index in [4.69, 9.17) is 5.73 Å². The zero-order valence-corrected chi connectivity index (χ0v) is 10.7. The van der Waals surface area contributed by atoms with E-state index < -0.39 is 18.6 Å². The number of halogens is 3. The Balaban J connectivity index is 2.76. The fraction of sp³-hybridized carbons (Fsp3) is 0.600. The number of hydrogen-bond acceptors (Lipinski definition) is 4. The van der Waals surface area contributed by atoms with Crippen molar-refractivity contribution in [2.75, 3.05) is 32.9 Å². The number of likely N-dealkylation sites (N-methyl/N-ethyl adjacent to an activating group) is 1. The van der Waals surface area contributed by atoms with Gasteiger partial charge in [-0.15, -0.1) is 0 Å². The SMILES string of the molecule is CN(C)CCNC(=O)c1c(N)cnn1CC(F)(F)F. The molecule has 1 aromatic rings. The van der Waals surface area contributed by atoms with E-state index >= 15 is 0 Å². The van der Waals surface area contributed by atoms with E-state index in [1.807, 2.05) is 19.0 Å². The van der Waals surface area contributed by atoms with Gasteiger partial charge in [0.15, 0.2) is 0 Å². The fourth-order valence-electron chi connectivity index (χ4n) is 1.41. The van der Waals surface area contributed by atoms with Crippen LogP contribution < -0.4 is 11.1 Å². The van der Waals surface area contributed by atoms with Crippen LogP contribution in [0, 0.1) is 0 Å². The van der Waals surface area contributed by atoms with Crippen LogP contribution in [-0.2, 0) is 6.54 Å². The molecule has 0 fully saturated rings. The van der Waals surface area contributed by atoms with Crippen molar-refractivity contribution in [1.29, 1.82) is 0 Å². The largest absolute Gasteiger partial charge is 0.408 e. The standard InChI is InChI=1S/C10H16F3N5O/c1-17(2)4-3-15-9(19)8-7(14)5-16-18(8)6-10(11,12)13/h5H,3-4,6,14H2,1-2H3,(H,15,19). The van der Waals surface area contributed by atoms with Gasteiger partial charge in [-0.1, -0.05) is 0 Å². The minimum Gasteiger partial charge on any atom is -0.396 e. The van der Waals surface area contributed by atoms with Crippen LogP contribution in [0.4, 0.5) is 18.9 Å². The third-order valence-corrected chi connectivity index (χ3v) is 2.26.